The highest BCUT2D eigenvalue weighted by molar-refractivity contribution is 7.89. The van der Waals surface area contributed by atoms with E-state index in [1.54, 1.807) is 0 Å². The lowest BCUT2D eigenvalue weighted by Crippen LogP contribution is -2.32. The van der Waals surface area contributed by atoms with Crippen LogP contribution in [0.1, 0.15) is 41.0 Å². The molecule has 10 heteroatoms. The fraction of sp³-hybridized carbons (Fsp3) is 0.412. The lowest BCUT2D eigenvalue weighted by Gasteiger charge is -2.23. The molecule has 1 N–H and O–H groups in total. The number of aliphatic hydroxyl groups excluding tert-OH is 1. The summed E-state index contributed by atoms with van der Waals surface area (Å²) in [5.41, 5.74) is 0.404. The third kappa shape index (κ3) is 3.79. The molecule has 0 radical (unpaired) electrons. The topological polar surface area (TPSA) is 87.0 Å². The molecule has 1 heterocycles. The van der Waals surface area contributed by atoms with Crippen LogP contribution in [0.25, 0.3) is 0 Å². The summed E-state index contributed by atoms with van der Waals surface area (Å²) >= 11 is 1.18. The zero-order valence-electron chi connectivity index (χ0n) is 14.4. The number of nitroso groups, excluding NO2 is 1. The average molecular weight is 416 g/mol. The maximum atomic E-state index is 13.8. The molecule has 0 bridgehead atoms. The number of hydrogen-bond acceptors (Lipinski definition) is 6. The number of halogens is 2. The molecule has 1 aliphatic rings. The molecule has 27 heavy (non-hydrogen) atoms. The molecule has 0 fully saturated rings. The van der Waals surface area contributed by atoms with E-state index >= 15 is 0 Å². The molecule has 0 amide bonds. The van der Waals surface area contributed by atoms with Crippen molar-refractivity contribution < 1.29 is 22.3 Å². The van der Waals surface area contributed by atoms with Crippen molar-refractivity contribution in [3.8, 4) is 0 Å². The van der Waals surface area contributed by atoms with E-state index < -0.39 is 40.3 Å². The van der Waals surface area contributed by atoms with Crippen molar-refractivity contribution in [2.24, 2.45) is 5.18 Å². The zero-order chi connectivity index (χ0) is 19.8. The van der Waals surface area contributed by atoms with Gasteiger partial charge in [0.2, 0.25) is 10.0 Å². The maximum Gasteiger partial charge on any atom is 0.244 e. The van der Waals surface area contributed by atoms with Crippen LogP contribution in [0.3, 0.4) is 0 Å². The van der Waals surface area contributed by atoms with Crippen LogP contribution in [0.15, 0.2) is 33.7 Å². The van der Waals surface area contributed by atoms with Gasteiger partial charge in [-0.2, -0.15) is 9.21 Å². The number of benzene rings is 1. The number of rotatable bonds is 6. The fourth-order valence-corrected chi connectivity index (χ4v) is 6.15. The first-order valence-electron chi connectivity index (χ1n) is 8.27. The normalized spacial score (nSPS) is 18.3. The number of thiophene rings is 1. The minimum atomic E-state index is -3.95. The number of fused-ring (bicyclic) bond motifs is 1. The molecule has 0 spiro atoms. The van der Waals surface area contributed by atoms with E-state index in [1.807, 2.05) is 0 Å². The summed E-state index contributed by atoms with van der Waals surface area (Å²) in [7, 11) is -2.67. The Morgan fingerprint density at radius 3 is 2.81 bits per heavy atom. The molecule has 1 aromatic heterocycles. The Bertz CT molecular complexity index is 962. The van der Waals surface area contributed by atoms with E-state index in [1.165, 1.54) is 23.8 Å². The Morgan fingerprint density at radius 2 is 2.15 bits per heavy atom. The Balaban J connectivity index is 1.85. The molecule has 146 valence electrons. The maximum absolute atomic E-state index is 13.8. The minimum Gasteiger partial charge on any atom is -0.387 e. The van der Waals surface area contributed by atoms with E-state index in [0.29, 0.717) is 35.8 Å². The molecule has 1 aliphatic carbocycles. The van der Waals surface area contributed by atoms with Crippen molar-refractivity contribution in [1.29, 1.82) is 0 Å². The van der Waals surface area contributed by atoms with Crippen LogP contribution in [0.2, 0.25) is 0 Å². The standard InChI is InChI=1S/C17H18F2N2O4S2/c1-21(8-15(22)11-6-5-10(18)7-13(11)19)27(24,25)16-9-26-17-12(16)3-2-4-14(17)20-23/h5-7,9,14-15,22H,2-4,8H2,1H3. The van der Waals surface area contributed by atoms with Gasteiger partial charge in [0, 0.05) is 35.5 Å². The van der Waals surface area contributed by atoms with Crippen molar-refractivity contribution in [1.82, 2.24) is 4.31 Å². The van der Waals surface area contributed by atoms with Crippen LogP contribution in [0.5, 0.6) is 0 Å². The first kappa shape index (κ1) is 20.0. The van der Waals surface area contributed by atoms with E-state index in [2.05, 4.69) is 5.18 Å². The van der Waals surface area contributed by atoms with Gasteiger partial charge < -0.3 is 5.11 Å². The van der Waals surface area contributed by atoms with Crippen LogP contribution in [-0.2, 0) is 16.4 Å². The molecule has 2 unspecified atom stereocenters. The van der Waals surface area contributed by atoms with Crippen LogP contribution in [-0.4, -0.2) is 31.4 Å². The first-order chi connectivity index (χ1) is 12.8. The molecular formula is C17H18F2N2O4S2. The van der Waals surface area contributed by atoms with Gasteiger partial charge in [0.15, 0.2) is 0 Å². The molecule has 1 aromatic carbocycles. The Hall–Kier alpha value is -1.75. The molecule has 6 nitrogen and oxygen atoms in total. The highest BCUT2D eigenvalue weighted by Crippen LogP contribution is 2.41. The monoisotopic (exact) mass is 416 g/mol. The molecule has 3 rings (SSSR count). The largest absolute Gasteiger partial charge is 0.387 e. The molecular weight excluding hydrogens is 398 g/mol. The quantitative estimate of drug-likeness (QED) is 0.730. The minimum absolute atomic E-state index is 0.0881. The van der Waals surface area contributed by atoms with Crippen molar-refractivity contribution in [3.05, 3.63) is 56.1 Å². The molecule has 2 aromatic rings. The van der Waals surface area contributed by atoms with Crippen molar-refractivity contribution in [2.45, 2.75) is 36.3 Å². The van der Waals surface area contributed by atoms with Gasteiger partial charge >= 0.3 is 0 Å². The van der Waals surface area contributed by atoms with E-state index in [4.69, 9.17) is 0 Å². The molecule has 0 saturated heterocycles. The fourth-order valence-electron chi connectivity index (χ4n) is 3.21. The van der Waals surface area contributed by atoms with Crippen molar-refractivity contribution >= 4 is 21.4 Å². The second-order valence-corrected chi connectivity index (χ2v) is 9.35. The predicted molar refractivity (Wildman–Crippen MR) is 96.9 cm³/mol. The summed E-state index contributed by atoms with van der Waals surface area (Å²) in [6.07, 6.45) is 0.330. The second-order valence-electron chi connectivity index (χ2n) is 6.42. The third-order valence-electron chi connectivity index (χ3n) is 4.66. The van der Waals surface area contributed by atoms with Crippen LogP contribution in [0.4, 0.5) is 8.78 Å². The highest BCUT2D eigenvalue weighted by atomic mass is 32.2. The third-order valence-corrected chi connectivity index (χ3v) is 7.83. The summed E-state index contributed by atoms with van der Waals surface area (Å²) < 4.78 is 53.6. The van der Waals surface area contributed by atoms with E-state index in [-0.39, 0.29) is 10.5 Å². The average Bonchev–Trinajstić information content (AvgIpc) is 3.06. The van der Waals surface area contributed by atoms with Crippen LogP contribution in [0, 0.1) is 16.5 Å². The summed E-state index contributed by atoms with van der Waals surface area (Å²) in [6.45, 7) is -0.398. The molecule has 0 aliphatic heterocycles. The van der Waals surface area contributed by atoms with Crippen LogP contribution < -0.4 is 0 Å². The van der Waals surface area contributed by atoms with Gasteiger partial charge in [-0.1, -0.05) is 11.2 Å². The van der Waals surface area contributed by atoms with Gasteiger partial charge in [0.25, 0.3) is 0 Å². The first-order valence-corrected chi connectivity index (χ1v) is 10.6. The Labute approximate surface area is 159 Å². The molecule has 2 atom stereocenters. The van der Waals surface area contributed by atoms with Crippen molar-refractivity contribution in [2.75, 3.05) is 13.6 Å². The molecule has 0 saturated carbocycles. The lowest BCUT2D eigenvalue weighted by atomic mass is 9.96. The van der Waals surface area contributed by atoms with Gasteiger partial charge in [-0.15, -0.1) is 11.3 Å². The van der Waals surface area contributed by atoms with Crippen molar-refractivity contribution in [3.63, 3.8) is 0 Å². The van der Waals surface area contributed by atoms with Gasteiger partial charge in [0.05, 0.1) is 11.0 Å². The Morgan fingerprint density at radius 1 is 1.41 bits per heavy atom. The van der Waals surface area contributed by atoms with Crippen LogP contribution >= 0.6 is 11.3 Å². The summed E-state index contributed by atoms with van der Waals surface area (Å²) in [4.78, 5) is 11.7. The predicted octanol–water partition coefficient (Wildman–Crippen LogP) is 3.52. The zero-order valence-corrected chi connectivity index (χ0v) is 16.1. The number of hydrogen-bond donors (Lipinski definition) is 1. The summed E-state index contributed by atoms with van der Waals surface area (Å²) in [5, 5.41) is 14.8. The SMILES string of the molecule is CN(CC(O)c1ccc(F)cc1F)S(=O)(=O)c1csc2c1CCCC2N=O. The Kier molecular flexibility index (Phi) is 5.71. The number of nitrogens with zero attached hydrogens (tertiary/aromatic N) is 2. The number of sulfonamides is 1. The van der Waals surface area contributed by atoms with E-state index in [9.17, 15) is 27.2 Å². The lowest BCUT2D eigenvalue weighted by molar-refractivity contribution is 0.150. The smallest absolute Gasteiger partial charge is 0.244 e. The highest BCUT2D eigenvalue weighted by Gasteiger charge is 2.33. The van der Waals surface area contributed by atoms with Gasteiger partial charge in [-0.05, 0) is 30.9 Å². The van der Waals surface area contributed by atoms with Gasteiger partial charge in [-0.3, -0.25) is 0 Å². The summed E-state index contributed by atoms with van der Waals surface area (Å²) in [6, 6.07) is 2.18. The second kappa shape index (κ2) is 7.70. The van der Waals surface area contributed by atoms with Gasteiger partial charge in [0.1, 0.15) is 17.7 Å². The number of aliphatic hydroxyl groups is 1. The number of likely N-dealkylation sites (N-methyl/N-ethyl adjacent to an activating group) is 1. The van der Waals surface area contributed by atoms with E-state index in [0.717, 1.165) is 16.4 Å². The van der Waals surface area contributed by atoms with Gasteiger partial charge in [-0.25, -0.2) is 17.2 Å². The summed E-state index contributed by atoms with van der Waals surface area (Å²) in [5.74, 6) is -1.73.